The van der Waals surface area contributed by atoms with Gasteiger partial charge in [0.05, 0.1) is 5.54 Å². The van der Waals surface area contributed by atoms with Gasteiger partial charge in [-0.3, -0.25) is 0 Å². The van der Waals surface area contributed by atoms with Crippen LogP contribution in [0.1, 0.15) is 57.8 Å². The Morgan fingerprint density at radius 1 is 1.26 bits per heavy atom. The molecule has 2 N–H and O–H groups in total. The van der Waals surface area contributed by atoms with Crippen LogP contribution in [0.25, 0.3) is 0 Å². The van der Waals surface area contributed by atoms with Crippen molar-refractivity contribution in [3.05, 3.63) is 5.89 Å². The van der Waals surface area contributed by atoms with Crippen molar-refractivity contribution in [2.75, 3.05) is 18.0 Å². The number of aromatic nitrogens is 2. The van der Waals surface area contributed by atoms with Crippen LogP contribution >= 0.6 is 0 Å². The SMILES string of the molecule is CC1CCCC(N)(c2nc(N3CCCCC3)no2)C1. The predicted octanol–water partition coefficient (Wildman–Crippen LogP) is 2.42. The maximum atomic E-state index is 6.50. The molecular weight excluding hydrogens is 240 g/mol. The highest BCUT2D eigenvalue weighted by atomic mass is 16.5. The van der Waals surface area contributed by atoms with Crippen molar-refractivity contribution in [1.29, 1.82) is 0 Å². The molecule has 5 nitrogen and oxygen atoms in total. The van der Waals surface area contributed by atoms with Gasteiger partial charge in [-0.1, -0.05) is 19.8 Å². The predicted molar refractivity (Wildman–Crippen MR) is 73.9 cm³/mol. The van der Waals surface area contributed by atoms with E-state index in [0.29, 0.717) is 11.8 Å². The first-order valence-electron chi connectivity index (χ1n) is 7.55. The molecular formula is C14H24N4O. The van der Waals surface area contributed by atoms with Gasteiger partial charge in [0.25, 0.3) is 5.95 Å². The van der Waals surface area contributed by atoms with Crippen LogP contribution in [0.4, 0.5) is 5.95 Å². The van der Waals surface area contributed by atoms with Crippen molar-refractivity contribution >= 4 is 5.95 Å². The Morgan fingerprint density at radius 3 is 2.79 bits per heavy atom. The molecule has 1 saturated heterocycles. The Hall–Kier alpha value is -1.10. The molecule has 1 aromatic rings. The summed E-state index contributed by atoms with van der Waals surface area (Å²) in [5, 5.41) is 4.15. The summed E-state index contributed by atoms with van der Waals surface area (Å²) in [7, 11) is 0. The molecule has 3 rings (SSSR count). The summed E-state index contributed by atoms with van der Waals surface area (Å²) in [4.78, 5) is 6.80. The van der Waals surface area contributed by atoms with Gasteiger partial charge in [0.15, 0.2) is 0 Å². The molecule has 2 heterocycles. The zero-order valence-electron chi connectivity index (χ0n) is 11.8. The van der Waals surface area contributed by atoms with Crippen molar-refractivity contribution in [3.63, 3.8) is 0 Å². The molecule has 2 atom stereocenters. The fraction of sp³-hybridized carbons (Fsp3) is 0.857. The first kappa shape index (κ1) is 12.9. The molecule has 2 aliphatic rings. The average molecular weight is 264 g/mol. The monoisotopic (exact) mass is 264 g/mol. The molecule has 5 heteroatoms. The first-order chi connectivity index (χ1) is 9.17. The number of hydrogen-bond acceptors (Lipinski definition) is 5. The molecule has 19 heavy (non-hydrogen) atoms. The summed E-state index contributed by atoms with van der Waals surface area (Å²) in [5.41, 5.74) is 6.09. The molecule has 0 amide bonds. The largest absolute Gasteiger partial charge is 0.338 e. The van der Waals surface area contributed by atoms with Crippen LogP contribution < -0.4 is 10.6 Å². The third kappa shape index (κ3) is 2.61. The Morgan fingerprint density at radius 2 is 2.05 bits per heavy atom. The van der Waals surface area contributed by atoms with Crippen LogP contribution in [0.3, 0.4) is 0 Å². The summed E-state index contributed by atoms with van der Waals surface area (Å²) in [6.45, 7) is 4.32. The van der Waals surface area contributed by atoms with Gasteiger partial charge < -0.3 is 15.2 Å². The van der Waals surface area contributed by atoms with Gasteiger partial charge in [-0.15, -0.1) is 0 Å². The van der Waals surface area contributed by atoms with Gasteiger partial charge in [-0.25, -0.2) is 0 Å². The minimum atomic E-state index is -0.404. The van der Waals surface area contributed by atoms with Gasteiger partial charge in [0, 0.05) is 13.1 Å². The number of hydrogen-bond donors (Lipinski definition) is 1. The number of nitrogens with zero attached hydrogens (tertiary/aromatic N) is 3. The van der Waals surface area contributed by atoms with E-state index in [4.69, 9.17) is 10.3 Å². The molecule has 1 saturated carbocycles. The van der Waals surface area contributed by atoms with E-state index in [1.807, 2.05) is 0 Å². The zero-order valence-corrected chi connectivity index (χ0v) is 11.8. The van der Waals surface area contributed by atoms with E-state index in [2.05, 4.69) is 22.0 Å². The van der Waals surface area contributed by atoms with E-state index in [1.54, 1.807) is 0 Å². The quantitative estimate of drug-likeness (QED) is 0.888. The fourth-order valence-corrected chi connectivity index (χ4v) is 3.43. The second-order valence-corrected chi connectivity index (χ2v) is 6.30. The minimum absolute atomic E-state index is 0.404. The van der Waals surface area contributed by atoms with E-state index in [-0.39, 0.29) is 0 Å². The maximum Gasteiger partial charge on any atom is 0.266 e. The molecule has 1 aliphatic heterocycles. The minimum Gasteiger partial charge on any atom is -0.338 e. The van der Waals surface area contributed by atoms with E-state index in [9.17, 15) is 0 Å². The highest BCUT2D eigenvalue weighted by Gasteiger charge is 2.38. The van der Waals surface area contributed by atoms with Crippen LogP contribution in [0.5, 0.6) is 0 Å². The highest BCUT2D eigenvalue weighted by molar-refractivity contribution is 5.29. The Bertz CT molecular complexity index is 427. The standard InChI is InChI=1S/C14H24N4O/c1-11-6-5-7-14(15,10-11)12-16-13(17-19-12)18-8-3-2-4-9-18/h11H,2-10,15H2,1H3. The van der Waals surface area contributed by atoms with Crippen molar-refractivity contribution in [1.82, 2.24) is 10.1 Å². The van der Waals surface area contributed by atoms with Crippen LogP contribution in [-0.2, 0) is 5.54 Å². The van der Waals surface area contributed by atoms with Gasteiger partial charge >= 0.3 is 0 Å². The summed E-state index contributed by atoms with van der Waals surface area (Å²) in [6.07, 6.45) is 8.06. The third-order valence-corrected chi connectivity index (χ3v) is 4.51. The fourth-order valence-electron chi connectivity index (χ4n) is 3.43. The lowest BCUT2D eigenvalue weighted by Crippen LogP contribution is -2.41. The Balaban J connectivity index is 1.76. The van der Waals surface area contributed by atoms with Gasteiger partial charge in [-0.05, 0) is 43.2 Å². The van der Waals surface area contributed by atoms with E-state index >= 15 is 0 Å². The number of rotatable bonds is 2. The molecule has 2 fully saturated rings. The maximum absolute atomic E-state index is 6.50. The van der Waals surface area contributed by atoms with Crippen molar-refractivity contribution in [3.8, 4) is 0 Å². The van der Waals surface area contributed by atoms with E-state index in [0.717, 1.165) is 38.3 Å². The second-order valence-electron chi connectivity index (χ2n) is 6.30. The normalized spacial score (nSPS) is 32.5. The average Bonchev–Trinajstić information content (AvgIpc) is 2.90. The molecule has 0 bridgehead atoms. The van der Waals surface area contributed by atoms with Crippen LogP contribution in [-0.4, -0.2) is 23.2 Å². The molecule has 106 valence electrons. The van der Waals surface area contributed by atoms with Gasteiger partial charge in [-0.2, -0.15) is 4.98 Å². The van der Waals surface area contributed by atoms with Gasteiger partial charge in [0.1, 0.15) is 0 Å². The lowest BCUT2D eigenvalue weighted by molar-refractivity contribution is 0.183. The molecule has 1 aromatic heterocycles. The third-order valence-electron chi connectivity index (χ3n) is 4.51. The lowest BCUT2D eigenvalue weighted by atomic mass is 9.77. The van der Waals surface area contributed by atoms with Crippen molar-refractivity contribution < 1.29 is 4.52 Å². The first-order valence-corrected chi connectivity index (χ1v) is 7.55. The van der Waals surface area contributed by atoms with Crippen LogP contribution in [0, 0.1) is 5.92 Å². The second kappa shape index (κ2) is 5.12. The Kier molecular flexibility index (Phi) is 3.48. The van der Waals surface area contributed by atoms with E-state index < -0.39 is 5.54 Å². The lowest BCUT2D eigenvalue weighted by Gasteiger charge is -2.33. The summed E-state index contributed by atoms with van der Waals surface area (Å²) >= 11 is 0. The highest BCUT2D eigenvalue weighted by Crippen LogP contribution is 2.37. The smallest absolute Gasteiger partial charge is 0.266 e. The molecule has 1 aliphatic carbocycles. The number of nitrogens with two attached hydrogens (primary N) is 1. The van der Waals surface area contributed by atoms with Crippen molar-refractivity contribution in [2.24, 2.45) is 11.7 Å². The topological polar surface area (TPSA) is 68.2 Å². The molecule has 0 spiro atoms. The summed E-state index contributed by atoms with van der Waals surface area (Å²) in [6, 6.07) is 0. The van der Waals surface area contributed by atoms with Crippen LogP contribution in [0.2, 0.25) is 0 Å². The van der Waals surface area contributed by atoms with E-state index in [1.165, 1.54) is 25.7 Å². The van der Waals surface area contributed by atoms with Crippen LogP contribution in [0.15, 0.2) is 4.52 Å². The number of anilines is 1. The summed E-state index contributed by atoms with van der Waals surface area (Å²) < 4.78 is 5.48. The Labute approximate surface area is 114 Å². The number of piperidine rings is 1. The molecule has 0 radical (unpaired) electrons. The zero-order chi connectivity index (χ0) is 13.3. The summed E-state index contributed by atoms with van der Waals surface area (Å²) in [5.74, 6) is 2.02. The van der Waals surface area contributed by atoms with Gasteiger partial charge in [0.2, 0.25) is 5.89 Å². The molecule has 2 unspecified atom stereocenters. The molecule has 0 aromatic carbocycles. The van der Waals surface area contributed by atoms with Crippen molar-refractivity contribution in [2.45, 2.75) is 57.4 Å².